The SMILES string of the molecule is CCC(C)C1CNC(C)CN1CCCCOC. The molecule has 3 atom stereocenters. The summed E-state index contributed by atoms with van der Waals surface area (Å²) < 4.78 is 5.12. The highest BCUT2D eigenvalue weighted by molar-refractivity contribution is 4.86. The molecule has 1 fully saturated rings. The molecule has 0 aromatic heterocycles. The number of unbranched alkanes of at least 4 members (excludes halogenated alkanes) is 1. The molecule has 1 aliphatic rings. The lowest BCUT2D eigenvalue weighted by Gasteiger charge is -2.42. The van der Waals surface area contributed by atoms with Crippen LogP contribution in [0.4, 0.5) is 0 Å². The van der Waals surface area contributed by atoms with E-state index in [2.05, 4.69) is 31.0 Å². The minimum Gasteiger partial charge on any atom is -0.385 e. The van der Waals surface area contributed by atoms with Gasteiger partial charge in [-0.05, 0) is 32.2 Å². The summed E-state index contributed by atoms with van der Waals surface area (Å²) in [5.74, 6) is 0.789. The van der Waals surface area contributed by atoms with Gasteiger partial charge in [0, 0.05) is 38.9 Å². The fraction of sp³-hybridized carbons (Fsp3) is 1.00. The van der Waals surface area contributed by atoms with Crippen molar-refractivity contribution in [2.75, 3.05) is 33.4 Å². The first kappa shape index (κ1) is 14.9. The van der Waals surface area contributed by atoms with Crippen LogP contribution in [0.2, 0.25) is 0 Å². The molecule has 1 saturated heterocycles. The number of methoxy groups -OCH3 is 1. The maximum atomic E-state index is 5.12. The summed E-state index contributed by atoms with van der Waals surface area (Å²) in [5, 5.41) is 3.61. The van der Waals surface area contributed by atoms with Crippen LogP contribution in [-0.4, -0.2) is 50.3 Å². The molecule has 0 amide bonds. The van der Waals surface area contributed by atoms with Gasteiger partial charge in [0.2, 0.25) is 0 Å². The van der Waals surface area contributed by atoms with Crippen LogP contribution in [0.15, 0.2) is 0 Å². The summed E-state index contributed by atoms with van der Waals surface area (Å²) in [6.45, 7) is 11.4. The van der Waals surface area contributed by atoms with Gasteiger partial charge in [-0.3, -0.25) is 4.90 Å². The van der Waals surface area contributed by atoms with Crippen LogP contribution < -0.4 is 5.32 Å². The van der Waals surface area contributed by atoms with E-state index in [1.165, 1.54) is 32.4 Å². The first-order valence-electron chi connectivity index (χ1n) is 7.15. The van der Waals surface area contributed by atoms with Crippen molar-refractivity contribution in [2.45, 2.75) is 52.1 Å². The Morgan fingerprint density at radius 3 is 2.82 bits per heavy atom. The number of hydrogen-bond donors (Lipinski definition) is 1. The van der Waals surface area contributed by atoms with Gasteiger partial charge in [-0.1, -0.05) is 20.3 Å². The third-order valence-electron chi connectivity index (χ3n) is 4.00. The monoisotopic (exact) mass is 242 g/mol. The Kier molecular flexibility index (Phi) is 7.09. The molecule has 3 nitrogen and oxygen atoms in total. The third-order valence-corrected chi connectivity index (χ3v) is 4.00. The summed E-state index contributed by atoms with van der Waals surface area (Å²) in [5.41, 5.74) is 0. The van der Waals surface area contributed by atoms with E-state index in [1.807, 2.05) is 0 Å². The van der Waals surface area contributed by atoms with Crippen LogP contribution in [0.5, 0.6) is 0 Å². The number of piperazine rings is 1. The highest BCUT2D eigenvalue weighted by Gasteiger charge is 2.28. The molecule has 1 heterocycles. The van der Waals surface area contributed by atoms with Crippen LogP contribution in [0, 0.1) is 5.92 Å². The highest BCUT2D eigenvalue weighted by Crippen LogP contribution is 2.18. The Labute approximate surface area is 107 Å². The lowest BCUT2D eigenvalue weighted by molar-refractivity contribution is 0.0903. The largest absolute Gasteiger partial charge is 0.385 e. The van der Waals surface area contributed by atoms with Crippen molar-refractivity contribution in [3.8, 4) is 0 Å². The van der Waals surface area contributed by atoms with Crippen molar-refractivity contribution < 1.29 is 4.74 Å². The second kappa shape index (κ2) is 8.06. The molecule has 0 radical (unpaired) electrons. The van der Waals surface area contributed by atoms with Gasteiger partial charge in [0.25, 0.3) is 0 Å². The molecule has 1 N–H and O–H groups in total. The highest BCUT2D eigenvalue weighted by atomic mass is 16.5. The number of nitrogens with zero attached hydrogens (tertiary/aromatic N) is 1. The molecule has 3 unspecified atom stereocenters. The molecule has 0 spiro atoms. The van der Waals surface area contributed by atoms with Gasteiger partial charge in [-0.2, -0.15) is 0 Å². The van der Waals surface area contributed by atoms with Gasteiger partial charge in [0.05, 0.1) is 0 Å². The average Bonchev–Trinajstić information content (AvgIpc) is 2.34. The summed E-state index contributed by atoms with van der Waals surface area (Å²) >= 11 is 0. The van der Waals surface area contributed by atoms with Crippen molar-refractivity contribution in [3.05, 3.63) is 0 Å². The molecule has 17 heavy (non-hydrogen) atoms. The van der Waals surface area contributed by atoms with Crippen molar-refractivity contribution in [2.24, 2.45) is 5.92 Å². The predicted octanol–water partition coefficient (Wildman–Crippen LogP) is 2.12. The Morgan fingerprint density at radius 1 is 1.41 bits per heavy atom. The molecule has 102 valence electrons. The van der Waals surface area contributed by atoms with Crippen molar-refractivity contribution >= 4 is 0 Å². The zero-order valence-electron chi connectivity index (χ0n) is 12.0. The molecule has 0 aromatic carbocycles. The average molecular weight is 242 g/mol. The van der Waals surface area contributed by atoms with Gasteiger partial charge in [-0.15, -0.1) is 0 Å². The first-order chi connectivity index (χ1) is 8.19. The standard InChI is InChI=1S/C14H30N2O/c1-5-12(2)14-10-15-13(3)11-16(14)8-6-7-9-17-4/h12-15H,5-11H2,1-4H3. The van der Waals surface area contributed by atoms with Gasteiger partial charge in [0.15, 0.2) is 0 Å². The fourth-order valence-electron chi connectivity index (χ4n) is 2.65. The zero-order valence-corrected chi connectivity index (χ0v) is 12.0. The van der Waals surface area contributed by atoms with Crippen LogP contribution in [0.3, 0.4) is 0 Å². The van der Waals surface area contributed by atoms with E-state index in [-0.39, 0.29) is 0 Å². The molecular weight excluding hydrogens is 212 g/mol. The predicted molar refractivity (Wildman–Crippen MR) is 73.4 cm³/mol. The Morgan fingerprint density at radius 2 is 2.18 bits per heavy atom. The van der Waals surface area contributed by atoms with E-state index in [9.17, 15) is 0 Å². The smallest absolute Gasteiger partial charge is 0.0462 e. The van der Waals surface area contributed by atoms with Crippen molar-refractivity contribution in [1.82, 2.24) is 10.2 Å². The quantitative estimate of drug-likeness (QED) is 0.692. The first-order valence-corrected chi connectivity index (χ1v) is 7.15. The summed E-state index contributed by atoms with van der Waals surface area (Å²) in [6, 6.07) is 1.36. The Balaban J connectivity index is 2.38. The molecule has 1 aliphatic heterocycles. The lowest BCUT2D eigenvalue weighted by atomic mass is 9.94. The summed E-state index contributed by atoms with van der Waals surface area (Å²) in [4.78, 5) is 2.69. The van der Waals surface area contributed by atoms with Crippen LogP contribution in [0.1, 0.15) is 40.0 Å². The maximum absolute atomic E-state index is 5.12. The van der Waals surface area contributed by atoms with Crippen molar-refractivity contribution in [1.29, 1.82) is 0 Å². The van der Waals surface area contributed by atoms with E-state index >= 15 is 0 Å². The van der Waals surface area contributed by atoms with Gasteiger partial charge in [0.1, 0.15) is 0 Å². The zero-order chi connectivity index (χ0) is 12.7. The second-order valence-corrected chi connectivity index (χ2v) is 5.46. The van der Waals surface area contributed by atoms with E-state index in [0.29, 0.717) is 6.04 Å². The fourth-order valence-corrected chi connectivity index (χ4v) is 2.65. The van der Waals surface area contributed by atoms with Gasteiger partial charge in [-0.25, -0.2) is 0 Å². The van der Waals surface area contributed by atoms with Crippen LogP contribution >= 0.6 is 0 Å². The molecule has 0 bridgehead atoms. The van der Waals surface area contributed by atoms with E-state index < -0.39 is 0 Å². The molecule has 1 rings (SSSR count). The van der Waals surface area contributed by atoms with E-state index in [1.54, 1.807) is 7.11 Å². The molecule has 0 aliphatic carbocycles. The van der Waals surface area contributed by atoms with Crippen LogP contribution in [0.25, 0.3) is 0 Å². The van der Waals surface area contributed by atoms with E-state index in [4.69, 9.17) is 4.74 Å². The van der Waals surface area contributed by atoms with Gasteiger partial charge < -0.3 is 10.1 Å². The second-order valence-electron chi connectivity index (χ2n) is 5.46. The van der Waals surface area contributed by atoms with Crippen LogP contribution in [-0.2, 0) is 4.74 Å². The normalized spacial score (nSPS) is 28.2. The number of nitrogens with one attached hydrogen (secondary N) is 1. The number of hydrogen-bond acceptors (Lipinski definition) is 3. The minimum atomic E-state index is 0.637. The number of rotatable bonds is 7. The molecule has 3 heteroatoms. The van der Waals surface area contributed by atoms with Gasteiger partial charge >= 0.3 is 0 Å². The summed E-state index contributed by atoms with van der Waals surface area (Å²) in [7, 11) is 1.79. The lowest BCUT2D eigenvalue weighted by Crippen LogP contribution is -2.57. The summed E-state index contributed by atoms with van der Waals surface area (Å²) in [6.07, 6.45) is 3.71. The third kappa shape index (κ3) is 4.94. The minimum absolute atomic E-state index is 0.637. The Bertz CT molecular complexity index is 199. The molecule has 0 saturated carbocycles. The van der Waals surface area contributed by atoms with Crippen molar-refractivity contribution in [3.63, 3.8) is 0 Å². The topological polar surface area (TPSA) is 24.5 Å². The molecular formula is C14H30N2O. The number of ether oxygens (including phenoxy) is 1. The molecule has 0 aromatic rings. The maximum Gasteiger partial charge on any atom is 0.0462 e. The van der Waals surface area contributed by atoms with E-state index in [0.717, 1.165) is 25.1 Å². The Hall–Kier alpha value is -0.120.